The van der Waals surface area contributed by atoms with Gasteiger partial charge in [-0.05, 0) is 68.7 Å². The number of nitrogens with zero attached hydrogens (tertiary/aromatic N) is 2. The van der Waals surface area contributed by atoms with Crippen molar-refractivity contribution in [3.63, 3.8) is 0 Å². The van der Waals surface area contributed by atoms with E-state index in [4.69, 9.17) is 14.7 Å². The van der Waals surface area contributed by atoms with Gasteiger partial charge in [-0.2, -0.15) is 5.26 Å². The molecule has 5 nitrogen and oxygen atoms in total. The molecule has 0 bridgehead atoms. The summed E-state index contributed by atoms with van der Waals surface area (Å²) in [6.45, 7) is 5.53. The predicted octanol–water partition coefficient (Wildman–Crippen LogP) is 4.89. The quantitative estimate of drug-likeness (QED) is 0.521. The fourth-order valence-electron chi connectivity index (χ4n) is 2.86. The Bertz CT molecular complexity index is 781. The number of anilines is 1. The van der Waals surface area contributed by atoms with Crippen molar-refractivity contribution in [2.45, 2.75) is 39.5 Å². The molecule has 0 spiro atoms. The lowest BCUT2D eigenvalue weighted by molar-refractivity contribution is -0.118. The molecule has 5 heteroatoms. The molecule has 0 heterocycles. The number of rotatable bonds is 11. The molecule has 2 rings (SSSR count). The van der Waals surface area contributed by atoms with Gasteiger partial charge in [0.1, 0.15) is 11.5 Å². The van der Waals surface area contributed by atoms with Crippen LogP contribution in [-0.2, 0) is 4.79 Å². The van der Waals surface area contributed by atoms with Gasteiger partial charge in [0.2, 0.25) is 5.91 Å². The first kappa shape index (κ1) is 21.3. The van der Waals surface area contributed by atoms with Gasteiger partial charge in [0.15, 0.2) is 0 Å². The molecule has 0 radical (unpaired) electrons. The van der Waals surface area contributed by atoms with Crippen molar-refractivity contribution in [1.29, 1.82) is 5.26 Å². The van der Waals surface area contributed by atoms with Crippen molar-refractivity contribution < 1.29 is 14.3 Å². The average molecular weight is 380 g/mol. The maximum atomic E-state index is 12.7. The Morgan fingerprint density at radius 1 is 1.07 bits per heavy atom. The van der Waals surface area contributed by atoms with Gasteiger partial charge < -0.3 is 14.4 Å². The highest BCUT2D eigenvalue weighted by atomic mass is 16.5. The molecule has 2 aromatic carbocycles. The number of carbonyl (C=O) groups is 1. The number of benzene rings is 2. The predicted molar refractivity (Wildman–Crippen MR) is 111 cm³/mol. The van der Waals surface area contributed by atoms with E-state index >= 15 is 0 Å². The van der Waals surface area contributed by atoms with E-state index < -0.39 is 0 Å². The summed E-state index contributed by atoms with van der Waals surface area (Å²) in [5, 5.41) is 8.91. The van der Waals surface area contributed by atoms with E-state index in [1.807, 2.05) is 62.4 Å². The Morgan fingerprint density at radius 2 is 1.86 bits per heavy atom. The molecule has 0 saturated heterocycles. The molecule has 0 aliphatic rings. The van der Waals surface area contributed by atoms with Crippen molar-refractivity contribution in [2.75, 3.05) is 24.7 Å². The summed E-state index contributed by atoms with van der Waals surface area (Å²) in [4.78, 5) is 14.4. The van der Waals surface area contributed by atoms with E-state index in [2.05, 4.69) is 6.07 Å². The van der Waals surface area contributed by atoms with Crippen molar-refractivity contribution in [1.82, 2.24) is 0 Å². The Morgan fingerprint density at radius 3 is 2.54 bits per heavy atom. The fraction of sp³-hybridized carbons (Fsp3) is 0.391. The van der Waals surface area contributed by atoms with Gasteiger partial charge in [-0.1, -0.05) is 12.1 Å². The molecular weight excluding hydrogens is 352 g/mol. The Kier molecular flexibility index (Phi) is 8.87. The van der Waals surface area contributed by atoms with Crippen LogP contribution >= 0.6 is 0 Å². The van der Waals surface area contributed by atoms with Crippen LogP contribution in [0.25, 0.3) is 0 Å². The zero-order chi connectivity index (χ0) is 20.2. The van der Waals surface area contributed by atoms with Crippen LogP contribution in [0.5, 0.6) is 11.5 Å². The number of ether oxygens (including phenoxy) is 2. The zero-order valence-corrected chi connectivity index (χ0v) is 16.7. The highest BCUT2D eigenvalue weighted by Crippen LogP contribution is 2.21. The third kappa shape index (κ3) is 6.96. The maximum Gasteiger partial charge on any atom is 0.227 e. The number of hydrogen-bond acceptors (Lipinski definition) is 4. The third-order valence-electron chi connectivity index (χ3n) is 4.25. The summed E-state index contributed by atoms with van der Waals surface area (Å²) in [6.07, 6.45) is 2.27. The molecule has 0 saturated carbocycles. The lowest BCUT2D eigenvalue weighted by Gasteiger charge is -2.22. The summed E-state index contributed by atoms with van der Waals surface area (Å²) in [5.74, 6) is 1.65. The smallest absolute Gasteiger partial charge is 0.227 e. The van der Waals surface area contributed by atoms with E-state index in [0.29, 0.717) is 32.6 Å². The summed E-state index contributed by atoms with van der Waals surface area (Å²) in [7, 11) is 0. The molecule has 28 heavy (non-hydrogen) atoms. The molecule has 0 aromatic heterocycles. The number of nitriles is 1. The Labute approximate surface area is 167 Å². The van der Waals surface area contributed by atoms with Crippen molar-refractivity contribution >= 4 is 11.6 Å². The van der Waals surface area contributed by atoms with Gasteiger partial charge in [-0.25, -0.2) is 0 Å². The van der Waals surface area contributed by atoms with Crippen LogP contribution in [0.15, 0.2) is 48.5 Å². The molecule has 148 valence electrons. The molecule has 1 amide bonds. The first-order chi connectivity index (χ1) is 13.6. The van der Waals surface area contributed by atoms with Gasteiger partial charge in [0.25, 0.3) is 0 Å². The van der Waals surface area contributed by atoms with Crippen LogP contribution in [-0.4, -0.2) is 25.7 Å². The van der Waals surface area contributed by atoms with Gasteiger partial charge in [0, 0.05) is 18.7 Å². The highest BCUT2D eigenvalue weighted by Gasteiger charge is 2.15. The van der Waals surface area contributed by atoms with Crippen molar-refractivity contribution in [2.24, 2.45) is 0 Å². The molecule has 0 fully saturated rings. The van der Waals surface area contributed by atoms with Gasteiger partial charge in [-0.3, -0.25) is 4.79 Å². The molecule has 0 aliphatic heterocycles. The first-order valence-electron chi connectivity index (χ1n) is 9.73. The van der Waals surface area contributed by atoms with E-state index in [1.54, 1.807) is 4.90 Å². The van der Waals surface area contributed by atoms with Crippen LogP contribution in [0.1, 0.15) is 38.2 Å². The largest absolute Gasteiger partial charge is 0.494 e. The molecule has 0 aliphatic carbocycles. The second-order valence-electron chi connectivity index (χ2n) is 6.50. The van der Waals surface area contributed by atoms with Crippen molar-refractivity contribution in [3.05, 3.63) is 54.1 Å². The number of unbranched alkanes of at least 4 members (excludes halogenated alkanes) is 1. The second-order valence-corrected chi connectivity index (χ2v) is 6.50. The number of aryl methyl sites for hydroxylation is 1. The van der Waals surface area contributed by atoms with E-state index in [-0.39, 0.29) is 5.91 Å². The van der Waals surface area contributed by atoms with E-state index in [0.717, 1.165) is 35.6 Å². The van der Waals surface area contributed by atoms with Crippen LogP contribution in [0.3, 0.4) is 0 Å². The molecular formula is C23H28N2O3. The lowest BCUT2D eigenvalue weighted by Crippen LogP contribution is -2.31. The van der Waals surface area contributed by atoms with Gasteiger partial charge >= 0.3 is 0 Å². The SMILES string of the molecule is CCOc1ccc(N(CCC#N)C(=O)CCCCOc2cccc(C)c2)cc1. The monoisotopic (exact) mass is 380 g/mol. The normalized spacial score (nSPS) is 10.2. The fourth-order valence-corrected chi connectivity index (χ4v) is 2.86. The highest BCUT2D eigenvalue weighted by molar-refractivity contribution is 5.93. The third-order valence-corrected chi connectivity index (χ3v) is 4.25. The van der Waals surface area contributed by atoms with E-state index in [9.17, 15) is 4.79 Å². The minimum absolute atomic E-state index is 0.0231. The Hall–Kier alpha value is -3.00. The topological polar surface area (TPSA) is 62.6 Å². The van der Waals surface area contributed by atoms with Gasteiger partial charge in [-0.15, -0.1) is 0 Å². The summed E-state index contributed by atoms with van der Waals surface area (Å²) in [5.41, 5.74) is 1.95. The van der Waals surface area contributed by atoms with Crippen molar-refractivity contribution in [3.8, 4) is 17.6 Å². The minimum atomic E-state index is 0.0231. The number of hydrogen-bond donors (Lipinski definition) is 0. The van der Waals surface area contributed by atoms with Gasteiger partial charge in [0.05, 0.1) is 25.7 Å². The molecule has 0 unspecified atom stereocenters. The molecule has 0 N–H and O–H groups in total. The van der Waals surface area contributed by atoms with Crippen LogP contribution in [0, 0.1) is 18.3 Å². The van der Waals surface area contributed by atoms with E-state index in [1.165, 1.54) is 0 Å². The van der Waals surface area contributed by atoms with Crippen LogP contribution in [0.4, 0.5) is 5.69 Å². The second kappa shape index (κ2) is 11.7. The maximum absolute atomic E-state index is 12.7. The summed E-state index contributed by atoms with van der Waals surface area (Å²) >= 11 is 0. The average Bonchev–Trinajstić information content (AvgIpc) is 2.69. The number of carbonyl (C=O) groups excluding carboxylic acids is 1. The minimum Gasteiger partial charge on any atom is -0.494 e. The molecule has 2 aromatic rings. The summed E-state index contributed by atoms with van der Waals surface area (Å²) < 4.78 is 11.2. The lowest BCUT2D eigenvalue weighted by atomic mass is 10.2. The Balaban J connectivity index is 1.83. The summed E-state index contributed by atoms with van der Waals surface area (Å²) in [6, 6.07) is 17.5. The zero-order valence-electron chi connectivity index (χ0n) is 16.7. The first-order valence-corrected chi connectivity index (χ1v) is 9.73. The van der Waals surface area contributed by atoms with Crippen LogP contribution in [0.2, 0.25) is 0 Å². The van der Waals surface area contributed by atoms with Crippen LogP contribution < -0.4 is 14.4 Å². The molecule has 0 atom stereocenters. The number of amides is 1. The standard InChI is InChI=1S/C23H28N2O3/c1-3-27-21-13-11-20(12-14-21)25(16-7-15-24)23(26)10-4-5-17-28-22-9-6-8-19(2)18-22/h6,8-9,11-14,18H,3-5,7,10,16-17H2,1-2H3.